The molecule has 3 aromatic rings. The van der Waals surface area contributed by atoms with Crippen molar-refractivity contribution in [3.05, 3.63) is 29.6 Å². The van der Waals surface area contributed by atoms with E-state index >= 15 is 0 Å². The lowest BCUT2D eigenvalue weighted by atomic mass is 10.3. The maximum atomic E-state index is 12.3. The monoisotopic (exact) mass is 316 g/mol. The van der Waals surface area contributed by atoms with Crippen LogP contribution in [0.4, 0.5) is 5.13 Å². The van der Waals surface area contributed by atoms with E-state index in [-0.39, 0.29) is 12.7 Å². The Balaban J connectivity index is 1.64. The molecule has 22 heavy (non-hydrogen) atoms. The molecule has 0 unspecified atom stereocenters. The first-order valence-electron chi connectivity index (χ1n) is 6.62. The number of hydrogen-bond donors (Lipinski definition) is 1. The Hall–Kier alpha value is -2.61. The topological polar surface area (TPSA) is 78.3 Å². The van der Waals surface area contributed by atoms with Gasteiger partial charge in [-0.05, 0) is 13.0 Å². The van der Waals surface area contributed by atoms with Gasteiger partial charge < -0.3 is 9.47 Å². The third kappa shape index (κ3) is 2.08. The molecule has 0 radical (unpaired) electrons. The van der Waals surface area contributed by atoms with Gasteiger partial charge in [0.1, 0.15) is 5.69 Å². The molecular weight excluding hydrogens is 304 g/mol. The minimum absolute atomic E-state index is 0.232. The van der Waals surface area contributed by atoms with Crippen LogP contribution in [0.1, 0.15) is 16.2 Å². The molecule has 0 aliphatic carbocycles. The second-order valence-corrected chi connectivity index (χ2v) is 5.97. The molecule has 2 aromatic heterocycles. The van der Waals surface area contributed by atoms with Crippen LogP contribution >= 0.6 is 11.3 Å². The fourth-order valence-corrected chi connectivity index (χ4v) is 3.23. The van der Waals surface area contributed by atoms with Crippen LogP contribution in [-0.2, 0) is 7.05 Å². The van der Waals surface area contributed by atoms with Crippen molar-refractivity contribution in [2.45, 2.75) is 6.92 Å². The highest BCUT2D eigenvalue weighted by molar-refractivity contribution is 7.22. The summed E-state index contributed by atoms with van der Waals surface area (Å²) in [5, 5.41) is 7.50. The number of hydrogen-bond acceptors (Lipinski definition) is 6. The fourth-order valence-electron chi connectivity index (χ4n) is 2.36. The molecule has 0 spiro atoms. The molecule has 8 heteroatoms. The van der Waals surface area contributed by atoms with Gasteiger partial charge in [-0.2, -0.15) is 5.10 Å². The molecule has 0 saturated carbocycles. The van der Waals surface area contributed by atoms with Crippen LogP contribution in [0.5, 0.6) is 11.5 Å². The summed E-state index contributed by atoms with van der Waals surface area (Å²) < 4.78 is 13.2. The van der Waals surface area contributed by atoms with Crippen molar-refractivity contribution in [1.82, 2.24) is 14.8 Å². The number of nitrogens with zero attached hydrogens (tertiary/aromatic N) is 3. The summed E-state index contributed by atoms with van der Waals surface area (Å²) in [6.07, 6.45) is 0. The quantitative estimate of drug-likeness (QED) is 0.785. The number of fused-ring (bicyclic) bond motifs is 2. The maximum absolute atomic E-state index is 12.3. The van der Waals surface area contributed by atoms with Gasteiger partial charge in [0.2, 0.25) is 6.79 Å². The number of carbonyl (C=O) groups is 1. The molecule has 1 N–H and O–H groups in total. The first-order chi connectivity index (χ1) is 10.6. The molecule has 0 fully saturated rings. The molecule has 1 aliphatic rings. The zero-order valence-electron chi connectivity index (χ0n) is 11.9. The molecule has 0 bridgehead atoms. The number of ether oxygens (including phenoxy) is 2. The minimum atomic E-state index is -0.234. The Kier molecular flexibility index (Phi) is 2.80. The Morgan fingerprint density at radius 2 is 2.09 bits per heavy atom. The van der Waals surface area contributed by atoms with Gasteiger partial charge in [-0.1, -0.05) is 11.3 Å². The number of carbonyl (C=O) groups excluding carboxylic acids is 1. The molecule has 3 heterocycles. The number of aryl methyl sites for hydroxylation is 2. The lowest BCUT2D eigenvalue weighted by Crippen LogP contribution is -2.15. The molecule has 0 saturated heterocycles. The predicted molar refractivity (Wildman–Crippen MR) is 81.6 cm³/mol. The van der Waals surface area contributed by atoms with E-state index in [9.17, 15) is 4.79 Å². The highest BCUT2D eigenvalue weighted by atomic mass is 32.1. The normalized spacial score (nSPS) is 12.8. The van der Waals surface area contributed by atoms with Gasteiger partial charge in [0.15, 0.2) is 16.6 Å². The molecule has 1 aromatic carbocycles. The van der Waals surface area contributed by atoms with Crippen molar-refractivity contribution in [3.8, 4) is 11.5 Å². The molecular formula is C14H12N4O3S. The average Bonchev–Trinajstić information content (AvgIpc) is 3.13. The van der Waals surface area contributed by atoms with Crippen molar-refractivity contribution < 1.29 is 14.3 Å². The van der Waals surface area contributed by atoms with Crippen molar-refractivity contribution in [2.24, 2.45) is 7.05 Å². The van der Waals surface area contributed by atoms with E-state index in [1.807, 2.05) is 19.1 Å². The van der Waals surface area contributed by atoms with Gasteiger partial charge in [0.25, 0.3) is 5.91 Å². The van der Waals surface area contributed by atoms with E-state index in [4.69, 9.17) is 9.47 Å². The molecule has 4 rings (SSSR count). The number of nitrogens with one attached hydrogen (secondary N) is 1. The minimum Gasteiger partial charge on any atom is -0.454 e. The van der Waals surface area contributed by atoms with Gasteiger partial charge in [0.05, 0.1) is 15.9 Å². The van der Waals surface area contributed by atoms with Gasteiger partial charge in [0, 0.05) is 19.2 Å². The fraction of sp³-hybridized carbons (Fsp3) is 0.214. The zero-order chi connectivity index (χ0) is 15.3. The first kappa shape index (κ1) is 13.1. The molecule has 7 nitrogen and oxygen atoms in total. The van der Waals surface area contributed by atoms with E-state index in [0.29, 0.717) is 22.3 Å². The van der Waals surface area contributed by atoms with Crippen molar-refractivity contribution >= 4 is 32.6 Å². The average molecular weight is 316 g/mol. The summed E-state index contributed by atoms with van der Waals surface area (Å²) in [4.78, 5) is 16.7. The second-order valence-electron chi connectivity index (χ2n) is 4.94. The smallest absolute Gasteiger partial charge is 0.275 e. The van der Waals surface area contributed by atoms with Crippen LogP contribution in [0, 0.1) is 6.92 Å². The number of amides is 1. The summed E-state index contributed by atoms with van der Waals surface area (Å²) in [5.41, 5.74) is 2.05. The number of thiazole rings is 1. The third-order valence-corrected chi connectivity index (χ3v) is 4.27. The van der Waals surface area contributed by atoms with E-state index in [0.717, 1.165) is 15.9 Å². The van der Waals surface area contributed by atoms with Gasteiger partial charge in [-0.15, -0.1) is 0 Å². The summed E-state index contributed by atoms with van der Waals surface area (Å²) in [6, 6.07) is 5.43. The first-order valence-corrected chi connectivity index (χ1v) is 7.44. The molecule has 0 atom stereocenters. The number of anilines is 1. The van der Waals surface area contributed by atoms with Crippen molar-refractivity contribution in [2.75, 3.05) is 12.1 Å². The maximum Gasteiger partial charge on any atom is 0.275 e. The van der Waals surface area contributed by atoms with Gasteiger partial charge in [-0.25, -0.2) is 4.98 Å². The Morgan fingerprint density at radius 3 is 2.82 bits per heavy atom. The number of benzene rings is 1. The SMILES string of the molecule is Cc1cc(C(=O)Nc2nc3cc4c(cc3s2)OCO4)n(C)n1. The van der Waals surface area contributed by atoms with Crippen LogP contribution in [-0.4, -0.2) is 27.5 Å². The largest absolute Gasteiger partial charge is 0.454 e. The molecule has 1 aliphatic heterocycles. The standard InChI is InChI=1S/C14H12N4O3S/c1-7-3-9(18(2)17-7)13(19)16-14-15-8-4-10-11(21-6-20-10)5-12(8)22-14/h3-5H,6H2,1-2H3,(H,15,16,19). The zero-order valence-corrected chi connectivity index (χ0v) is 12.7. The second kappa shape index (κ2) is 4.70. The van der Waals surface area contributed by atoms with Crippen LogP contribution in [0.25, 0.3) is 10.2 Å². The summed E-state index contributed by atoms with van der Waals surface area (Å²) in [7, 11) is 1.74. The van der Waals surface area contributed by atoms with E-state index < -0.39 is 0 Å². The number of rotatable bonds is 2. The lowest BCUT2D eigenvalue weighted by Gasteiger charge is -2.00. The van der Waals surface area contributed by atoms with Crippen LogP contribution in [0.15, 0.2) is 18.2 Å². The molecule has 112 valence electrons. The molecule has 1 amide bonds. The summed E-state index contributed by atoms with van der Waals surface area (Å²) in [5.74, 6) is 1.15. The van der Waals surface area contributed by atoms with E-state index in [2.05, 4.69) is 15.4 Å². The highest BCUT2D eigenvalue weighted by Crippen LogP contribution is 2.38. The van der Waals surface area contributed by atoms with Crippen LogP contribution in [0.2, 0.25) is 0 Å². The van der Waals surface area contributed by atoms with E-state index in [1.165, 1.54) is 11.3 Å². The van der Waals surface area contributed by atoms with Gasteiger partial charge >= 0.3 is 0 Å². The van der Waals surface area contributed by atoms with Crippen molar-refractivity contribution in [3.63, 3.8) is 0 Å². The Bertz CT molecular complexity index is 858. The lowest BCUT2D eigenvalue weighted by molar-refractivity contribution is 0.101. The third-order valence-electron chi connectivity index (χ3n) is 3.34. The van der Waals surface area contributed by atoms with E-state index in [1.54, 1.807) is 17.8 Å². The Labute approximate surface area is 129 Å². The summed E-state index contributed by atoms with van der Waals surface area (Å²) >= 11 is 1.39. The van der Waals surface area contributed by atoms with Crippen LogP contribution < -0.4 is 14.8 Å². The highest BCUT2D eigenvalue weighted by Gasteiger charge is 2.18. The summed E-state index contributed by atoms with van der Waals surface area (Å²) in [6.45, 7) is 2.08. The number of aromatic nitrogens is 3. The van der Waals surface area contributed by atoms with Crippen molar-refractivity contribution in [1.29, 1.82) is 0 Å². The Morgan fingerprint density at radius 1 is 1.32 bits per heavy atom. The van der Waals surface area contributed by atoms with Crippen LogP contribution in [0.3, 0.4) is 0 Å². The van der Waals surface area contributed by atoms with Gasteiger partial charge in [-0.3, -0.25) is 14.8 Å². The predicted octanol–water partition coefficient (Wildman–Crippen LogP) is 2.32.